The molecule has 18 heavy (non-hydrogen) atoms. The average Bonchev–Trinajstić information content (AvgIpc) is 2.32. The Hall–Kier alpha value is -0.890. The standard InChI is InChI=1S/C12H16IN3O2/c1-12(4-6-14-7-5-12)15-11-3-2-9(16(17)18)8-10(11)13/h2-3,8,14-15H,4-7H2,1H3. The molecule has 1 saturated heterocycles. The summed E-state index contributed by atoms with van der Waals surface area (Å²) < 4.78 is 0.890. The van der Waals surface area contributed by atoms with Gasteiger partial charge in [-0.05, 0) is 61.5 Å². The van der Waals surface area contributed by atoms with Crippen LogP contribution in [0.2, 0.25) is 0 Å². The lowest BCUT2D eigenvalue weighted by molar-refractivity contribution is -0.384. The largest absolute Gasteiger partial charge is 0.379 e. The van der Waals surface area contributed by atoms with Gasteiger partial charge < -0.3 is 10.6 Å². The zero-order valence-corrected chi connectivity index (χ0v) is 12.4. The van der Waals surface area contributed by atoms with E-state index in [0.29, 0.717) is 0 Å². The Bertz CT molecular complexity index is 459. The highest BCUT2D eigenvalue weighted by molar-refractivity contribution is 14.1. The molecule has 1 heterocycles. The predicted molar refractivity (Wildman–Crippen MR) is 79.9 cm³/mol. The Balaban J connectivity index is 2.16. The second-order valence-corrected chi connectivity index (χ2v) is 6.02. The molecule has 1 fully saturated rings. The maximum atomic E-state index is 10.7. The number of non-ortho nitro benzene ring substituents is 1. The third-order valence-corrected chi connectivity index (χ3v) is 4.20. The Labute approximate surface area is 120 Å². The normalized spacial score (nSPS) is 18.3. The minimum atomic E-state index is -0.363. The number of hydrogen-bond acceptors (Lipinski definition) is 4. The molecule has 1 aliphatic heterocycles. The maximum absolute atomic E-state index is 10.7. The van der Waals surface area contributed by atoms with Crippen LogP contribution in [0.3, 0.4) is 0 Å². The first-order valence-corrected chi connectivity index (χ1v) is 7.01. The van der Waals surface area contributed by atoms with E-state index in [1.165, 1.54) is 0 Å². The quantitative estimate of drug-likeness (QED) is 0.494. The lowest BCUT2D eigenvalue weighted by Gasteiger charge is -2.36. The van der Waals surface area contributed by atoms with Crippen molar-refractivity contribution in [2.24, 2.45) is 0 Å². The summed E-state index contributed by atoms with van der Waals surface area (Å²) in [5.41, 5.74) is 1.19. The molecule has 0 saturated carbocycles. The zero-order valence-electron chi connectivity index (χ0n) is 10.2. The molecule has 1 aromatic carbocycles. The van der Waals surface area contributed by atoms with Crippen molar-refractivity contribution in [3.8, 4) is 0 Å². The van der Waals surface area contributed by atoms with Crippen molar-refractivity contribution >= 4 is 34.0 Å². The van der Waals surface area contributed by atoms with Gasteiger partial charge in [0, 0.05) is 26.9 Å². The number of nitro groups is 1. The van der Waals surface area contributed by atoms with Crippen LogP contribution in [0.4, 0.5) is 11.4 Å². The van der Waals surface area contributed by atoms with Crippen LogP contribution >= 0.6 is 22.6 Å². The van der Waals surface area contributed by atoms with Crippen LogP contribution in [0, 0.1) is 13.7 Å². The minimum Gasteiger partial charge on any atom is -0.379 e. The third kappa shape index (κ3) is 3.11. The average molecular weight is 361 g/mol. The topological polar surface area (TPSA) is 67.2 Å². The lowest BCUT2D eigenvalue weighted by atomic mass is 9.90. The lowest BCUT2D eigenvalue weighted by Crippen LogP contribution is -2.45. The van der Waals surface area contributed by atoms with Gasteiger partial charge in [-0.2, -0.15) is 0 Å². The fraction of sp³-hybridized carbons (Fsp3) is 0.500. The van der Waals surface area contributed by atoms with Crippen LogP contribution in [0.15, 0.2) is 18.2 Å². The molecule has 0 radical (unpaired) electrons. The highest BCUT2D eigenvalue weighted by Crippen LogP contribution is 2.29. The number of hydrogen-bond donors (Lipinski definition) is 2. The summed E-state index contributed by atoms with van der Waals surface area (Å²) in [6.07, 6.45) is 2.11. The molecule has 0 spiro atoms. The molecular weight excluding hydrogens is 345 g/mol. The maximum Gasteiger partial charge on any atom is 0.270 e. The summed E-state index contributed by atoms with van der Waals surface area (Å²) >= 11 is 2.14. The molecule has 0 aromatic heterocycles. The van der Waals surface area contributed by atoms with Gasteiger partial charge in [0.1, 0.15) is 0 Å². The van der Waals surface area contributed by atoms with E-state index in [4.69, 9.17) is 0 Å². The molecule has 98 valence electrons. The Morgan fingerprint density at radius 3 is 2.67 bits per heavy atom. The Morgan fingerprint density at radius 2 is 2.11 bits per heavy atom. The van der Waals surface area contributed by atoms with Crippen molar-refractivity contribution in [3.63, 3.8) is 0 Å². The molecule has 2 rings (SSSR count). The number of piperidine rings is 1. The molecule has 5 nitrogen and oxygen atoms in total. The summed E-state index contributed by atoms with van der Waals surface area (Å²) in [5.74, 6) is 0. The van der Waals surface area contributed by atoms with Gasteiger partial charge in [0.2, 0.25) is 0 Å². The smallest absolute Gasteiger partial charge is 0.270 e. The number of benzene rings is 1. The van der Waals surface area contributed by atoms with Gasteiger partial charge in [0.25, 0.3) is 5.69 Å². The number of anilines is 1. The second kappa shape index (κ2) is 5.40. The van der Waals surface area contributed by atoms with Gasteiger partial charge in [0.05, 0.1) is 4.92 Å². The summed E-state index contributed by atoms with van der Waals surface area (Å²) in [6, 6.07) is 4.95. The fourth-order valence-corrected chi connectivity index (χ4v) is 2.78. The van der Waals surface area contributed by atoms with Crippen LogP contribution < -0.4 is 10.6 Å². The number of nitrogens with zero attached hydrogens (tertiary/aromatic N) is 1. The molecule has 1 aromatic rings. The van der Waals surface area contributed by atoms with Crippen LogP contribution in [0.5, 0.6) is 0 Å². The van der Waals surface area contributed by atoms with Gasteiger partial charge >= 0.3 is 0 Å². The van der Waals surface area contributed by atoms with Gasteiger partial charge in [-0.3, -0.25) is 10.1 Å². The van der Waals surface area contributed by atoms with Crippen molar-refractivity contribution in [3.05, 3.63) is 31.9 Å². The summed E-state index contributed by atoms with van der Waals surface area (Å²) in [7, 11) is 0. The van der Waals surface area contributed by atoms with Crippen LogP contribution in [-0.2, 0) is 0 Å². The molecule has 0 bridgehead atoms. The van der Waals surface area contributed by atoms with E-state index in [2.05, 4.69) is 40.1 Å². The van der Waals surface area contributed by atoms with Crippen molar-refractivity contribution in [2.75, 3.05) is 18.4 Å². The SMILES string of the molecule is CC1(Nc2ccc([N+](=O)[O-])cc2I)CCNCC1. The molecule has 6 heteroatoms. The monoisotopic (exact) mass is 361 g/mol. The van der Waals surface area contributed by atoms with E-state index in [0.717, 1.165) is 35.2 Å². The van der Waals surface area contributed by atoms with Crippen molar-refractivity contribution in [1.82, 2.24) is 5.32 Å². The summed E-state index contributed by atoms with van der Waals surface area (Å²) in [5, 5.41) is 17.5. The third-order valence-electron chi connectivity index (χ3n) is 3.31. The molecular formula is C12H16IN3O2. The van der Waals surface area contributed by atoms with E-state index < -0.39 is 0 Å². The van der Waals surface area contributed by atoms with E-state index in [1.54, 1.807) is 18.2 Å². The summed E-state index contributed by atoms with van der Waals surface area (Å²) in [6.45, 7) is 4.21. The number of nitrogens with one attached hydrogen (secondary N) is 2. The molecule has 0 unspecified atom stereocenters. The van der Waals surface area contributed by atoms with Crippen LogP contribution in [0.1, 0.15) is 19.8 Å². The van der Waals surface area contributed by atoms with Gasteiger partial charge in [-0.25, -0.2) is 0 Å². The molecule has 0 aliphatic carbocycles. The highest BCUT2D eigenvalue weighted by atomic mass is 127. The first-order chi connectivity index (χ1) is 8.50. The first-order valence-electron chi connectivity index (χ1n) is 5.93. The van der Waals surface area contributed by atoms with E-state index in [1.807, 2.05) is 0 Å². The highest BCUT2D eigenvalue weighted by Gasteiger charge is 2.27. The van der Waals surface area contributed by atoms with Gasteiger partial charge in [-0.1, -0.05) is 0 Å². The summed E-state index contributed by atoms with van der Waals surface area (Å²) in [4.78, 5) is 10.3. The van der Waals surface area contributed by atoms with E-state index >= 15 is 0 Å². The van der Waals surface area contributed by atoms with Crippen LogP contribution in [0.25, 0.3) is 0 Å². The molecule has 2 N–H and O–H groups in total. The van der Waals surface area contributed by atoms with Crippen molar-refractivity contribution in [1.29, 1.82) is 0 Å². The van der Waals surface area contributed by atoms with E-state index in [-0.39, 0.29) is 16.1 Å². The molecule has 0 atom stereocenters. The Morgan fingerprint density at radius 1 is 1.44 bits per heavy atom. The zero-order chi connectivity index (χ0) is 13.2. The van der Waals surface area contributed by atoms with Crippen molar-refractivity contribution in [2.45, 2.75) is 25.3 Å². The van der Waals surface area contributed by atoms with E-state index in [9.17, 15) is 10.1 Å². The number of halogens is 1. The molecule has 1 aliphatic rings. The van der Waals surface area contributed by atoms with Crippen molar-refractivity contribution < 1.29 is 4.92 Å². The second-order valence-electron chi connectivity index (χ2n) is 4.86. The predicted octanol–water partition coefficient (Wildman–Crippen LogP) is 2.75. The number of rotatable bonds is 3. The number of nitro benzene ring substituents is 1. The first kappa shape index (κ1) is 13.5. The molecule has 0 amide bonds. The Kier molecular flexibility index (Phi) is 4.06. The fourth-order valence-electron chi connectivity index (χ4n) is 2.15. The van der Waals surface area contributed by atoms with Crippen LogP contribution in [-0.4, -0.2) is 23.6 Å². The van der Waals surface area contributed by atoms with Gasteiger partial charge in [0.15, 0.2) is 0 Å². The minimum absolute atomic E-state index is 0.0707. The van der Waals surface area contributed by atoms with Gasteiger partial charge in [-0.15, -0.1) is 0 Å².